The molecule has 0 radical (unpaired) electrons. The second-order valence-electron chi connectivity index (χ2n) is 12.8. The van der Waals surface area contributed by atoms with Crippen molar-refractivity contribution in [1.29, 1.82) is 0 Å². The van der Waals surface area contributed by atoms with Crippen LogP contribution in [0.25, 0.3) is 5.69 Å². The number of carbonyl (C=O) groups excluding carboxylic acids is 2. The minimum absolute atomic E-state index is 0. The summed E-state index contributed by atoms with van der Waals surface area (Å²) in [4.78, 5) is 23.6. The zero-order valence-corrected chi connectivity index (χ0v) is 36.2. The van der Waals surface area contributed by atoms with E-state index in [9.17, 15) is 40.6 Å². The van der Waals surface area contributed by atoms with E-state index in [1.165, 1.54) is 35.9 Å². The molecule has 0 aliphatic carbocycles. The molecule has 0 fully saturated rings. The maximum atomic E-state index is 12.7. The topological polar surface area (TPSA) is 305 Å². The van der Waals surface area contributed by atoms with Crippen LogP contribution in [0.2, 0.25) is 0 Å². The molecule has 5 aromatic carbocycles. The summed E-state index contributed by atoms with van der Waals surface area (Å²) in [6.07, 6.45) is 0. The van der Waals surface area contributed by atoms with Gasteiger partial charge in [-0.25, -0.2) is 0 Å². The number of aromatic nitrogens is 2. The van der Waals surface area contributed by atoms with E-state index in [2.05, 4.69) is 46.4 Å². The first kappa shape index (κ1) is 45.6. The van der Waals surface area contributed by atoms with Crippen LogP contribution in [0.1, 0.15) is 28.5 Å². The van der Waals surface area contributed by atoms with Crippen molar-refractivity contribution < 1.29 is 70.2 Å². The van der Waals surface area contributed by atoms with Gasteiger partial charge in [0.15, 0.2) is 5.69 Å². The summed E-state index contributed by atoms with van der Waals surface area (Å²) in [5.41, 5.74) is 8.58. The van der Waals surface area contributed by atoms with Crippen LogP contribution in [-0.2, 0) is 25.0 Å². The molecule has 1 aromatic heterocycles. The summed E-state index contributed by atoms with van der Waals surface area (Å²) in [6.45, 7) is 4.50. The van der Waals surface area contributed by atoms with Gasteiger partial charge >= 0.3 is 29.6 Å². The van der Waals surface area contributed by atoms with Crippen LogP contribution in [0, 0.1) is 13.8 Å². The maximum Gasteiger partial charge on any atom is 1.00 e. The van der Waals surface area contributed by atoms with Crippen LogP contribution >= 0.6 is 0 Å². The van der Waals surface area contributed by atoms with Crippen molar-refractivity contribution in [1.82, 2.24) is 9.78 Å². The number of aryl methyl sites for hydroxylation is 2. The number of carbonyl (C=O) groups is 2. The van der Waals surface area contributed by atoms with Crippen molar-refractivity contribution in [2.24, 2.45) is 30.7 Å². The van der Waals surface area contributed by atoms with Gasteiger partial charge in [-0.05, 0) is 116 Å². The molecule has 0 bridgehead atoms. The minimum Gasteiger partial charge on any atom is -0.492 e. The van der Waals surface area contributed by atoms with E-state index in [0.717, 1.165) is 24.3 Å². The van der Waals surface area contributed by atoms with Gasteiger partial charge in [-0.3, -0.25) is 18.7 Å². The number of hydrogen-bond acceptors (Lipinski definition) is 15. The monoisotopic (exact) mass is 874 g/mol. The maximum absolute atomic E-state index is 12.7. The molecule has 0 aliphatic heterocycles. The predicted molar refractivity (Wildman–Crippen MR) is 219 cm³/mol. The standard InChI is InChI=1S/C38H33N11O9S2.Na/c1-21-17-28(43-47-36-22(2)48-49(38(36)52)29-6-4-5-27(18-29)41-37(51)24-7-9-25(39)10-8-24)13-16-31(21)44-46-34-19-32(40-23(3)50)33(20-35(34)60(56,57)58)45-42-26-11-14-30(15-12-26)59(53,54)55;/h4-20,52H,39H2,1-3H3,(H,40,50)(H,41,51)(H,53,54,55)(H,56,57,58);/q;+1. The Labute approximate surface area is 370 Å². The van der Waals surface area contributed by atoms with E-state index in [4.69, 9.17) is 5.73 Å². The second-order valence-corrected chi connectivity index (χ2v) is 15.6. The molecule has 1 heterocycles. The van der Waals surface area contributed by atoms with E-state index in [0.29, 0.717) is 39.6 Å². The molecule has 61 heavy (non-hydrogen) atoms. The number of nitrogens with one attached hydrogen (secondary N) is 2. The van der Waals surface area contributed by atoms with Gasteiger partial charge < -0.3 is 21.5 Å². The van der Waals surface area contributed by atoms with Gasteiger partial charge in [0.05, 0.1) is 39.0 Å². The fourth-order valence-corrected chi connectivity index (χ4v) is 6.50. The second kappa shape index (κ2) is 18.8. The molecule has 7 N–H and O–H groups in total. The Hall–Kier alpha value is -6.53. The number of aromatic hydroxyl groups is 1. The first-order valence-electron chi connectivity index (χ1n) is 17.3. The SMILES string of the molecule is CC(=O)Nc1cc(N=Nc2ccc(N=Nc3c(C)nn(-c4cccc(NC(=O)c5ccc(N)cc5)c4)c3O)cc2C)c(S(=O)(=O)O)cc1N=Nc1ccc(S(=O)(=O)O)cc1.[Na+]. The normalized spacial score (nSPS) is 11.9. The van der Waals surface area contributed by atoms with Crippen molar-refractivity contribution in [2.75, 3.05) is 16.4 Å². The van der Waals surface area contributed by atoms with Crippen LogP contribution in [0.5, 0.6) is 5.88 Å². The van der Waals surface area contributed by atoms with Crippen molar-refractivity contribution in [3.8, 4) is 11.6 Å². The Kier molecular flexibility index (Phi) is 14.0. The predicted octanol–water partition coefficient (Wildman–Crippen LogP) is 5.73. The number of benzene rings is 5. The summed E-state index contributed by atoms with van der Waals surface area (Å²) in [5, 5.41) is 45.3. The molecule has 23 heteroatoms. The van der Waals surface area contributed by atoms with Crippen LogP contribution in [-0.4, -0.2) is 52.6 Å². The minimum atomic E-state index is -4.94. The summed E-state index contributed by atoms with van der Waals surface area (Å²) in [6, 6.07) is 24.4. The number of hydrogen-bond donors (Lipinski definition) is 6. The van der Waals surface area contributed by atoms with Crippen molar-refractivity contribution in [2.45, 2.75) is 30.6 Å². The van der Waals surface area contributed by atoms with Gasteiger partial charge in [0.1, 0.15) is 16.3 Å². The molecule has 0 atom stereocenters. The molecule has 306 valence electrons. The van der Waals surface area contributed by atoms with Gasteiger partial charge in [-0.2, -0.15) is 42.0 Å². The van der Waals surface area contributed by atoms with E-state index in [1.54, 1.807) is 68.4 Å². The Balaban J connectivity index is 0.00000704. The smallest absolute Gasteiger partial charge is 0.492 e. The first-order valence-corrected chi connectivity index (χ1v) is 20.2. The molecule has 20 nitrogen and oxygen atoms in total. The number of amides is 2. The van der Waals surface area contributed by atoms with Gasteiger partial charge in [0.2, 0.25) is 11.8 Å². The molecular formula is C38H33N11NaO9S2+. The van der Waals surface area contributed by atoms with E-state index in [1.807, 2.05) is 0 Å². The number of nitrogens with zero attached hydrogens (tertiary/aromatic N) is 8. The first-order chi connectivity index (χ1) is 28.3. The number of azo groups is 3. The molecule has 0 saturated heterocycles. The summed E-state index contributed by atoms with van der Waals surface area (Å²) >= 11 is 0. The molecule has 0 unspecified atom stereocenters. The van der Waals surface area contributed by atoms with Crippen LogP contribution < -0.4 is 45.9 Å². The summed E-state index contributed by atoms with van der Waals surface area (Å²) in [5.74, 6) is -1.23. The third-order valence-corrected chi connectivity index (χ3v) is 10.1. The van der Waals surface area contributed by atoms with Crippen LogP contribution in [0.3, 0.4) is 0 Å². The molecule has 6 aromatic rings. The molecule has 0 aliphatic rings. The van der Waals surface area contributed by atoms with Crippen molar-refractivity contribution >= 4 is 83.2 Å². The molecule has 0 saturated carbocycles. The zero-order chi connectivity index (χ0) is 43.4. The Morgan fingerprint density at radius 3 is 1.98 bits per heavy atom. The number of nitrogens with two attached hydrogens (primary N) is 1. The van der Waals surface area contributed by atoms with E-state index in [-0.39, 0.29) is 75.5 Å². The molecular weight excluding hydrogens is 842 g/mol. The third-order valence-electron chi connectivity index (χ3n) is 8.31. The van der Waals surface area contributed by atoms with Crippen molar-refractivity contribution in [3.63, 3.8) is 0 Å². The van der Waals surface area contributed by atoms with Gasteiger partial charge in [-0.15, -0.1) is 15.3 Å². The Bertz CT molecular complexity index is 2980. The third kappa shape index (κ3) is 11.4. The van der Waals surface area contributed by atoms with Gasteiger partial charge in [0.25, 0.3) is 26.1 Å². The van der Waals surface area contributed by atoms with E-state index >= 15 is 0 Å². The number of nitrogen functional groups attached to an aromatic ring is 1. The fraction of sp³-hybridized carbons (Fsp3) is 0.0789. The van der Waals surface area contributed by atoms with Gasteiger partial charge in [-0.1, -0.05) is 6.07 Å². The summed E-state index contributed by atoms with van der Waals surface area (Å²) in [7, 11) is -9.40. The average Bonchev–Trinajstić information content (AvgIpc) is 3.47. The fourth-order valence-electron chi connectivity index (χ4n) is 5.40. The molecule has 0 spiro atoms. The largest absolute Gasteiger partial charge is 1.00 e. The van der Waals surface area contributed by atoms with Crippen LogP contribution in [0.15, 0.2) is 144 Å². The van der Waals surface area contributed by atoms with Crippen LogP contribution in [0.4, 0.5) is 51.2 Å². The Morgan fingerprint density at radius 1 is 0.705 bits per heavy atom. The molecule has 6 rings (SSSR count). The Morgan fingerprint density at radius 2 is 1.34 bits per heavy atom. The van der Waals surface area contributed by atoms with E-state index < -0.39 is 35.9 Å². The quantitative estimate of drug-likeness (QED) is 0.0373. The average molecular weight is 875 g/mol. The molecule has 2 amide bonds. The zero-order valence-electron chi connectivity index (χ0n) is 32.6. The number of rotatable bonds is 12. The summed E-state index contributed by atoms with van der Waals surface area (Å²) < 4.78 is 68.1. The van der Waals surface area contributed by atoms with Gasteiger partial charge in [0, 0.05) is 23.9 Å². The van der Waals surface area contributed by atoms with Crippen molar-refractivity contribution in [3.05, 3.63) is 120 Å². The number of anilines is 3.